The summed E-state index contributed by atoms with van der Waals surface area (Å²) in [5.74, 6) is -1.56. The van der Waals surface area contributed by atoms with Crippen LogP contribution >= 0.6 is 23.2 Å². The lowest BCUT2D eigenvalue weighted by molar-refractivity contribution is -0.137. The van der Waals surface area contributed by atoms with E-state index in [0.717, 1.165) is 17.7 Å². The lowest BCUT2D eigenvalue weighted by Crippen LogP contribution is -2.54. The molecule has 0 aliphatic carbocycles. The van der Waals surface area contributed by atoms with Crippen LogP contribution in [-0.4, -0.2) is 25.0 Å². The number of carbonyl (C=O) groups is 3. The number of barbiturate groups is 1. The number of rotatable bonds is 6. The highest BCUT2D eigenvalue weighted by molar-refractivity contribution is 6.42. The van der Waals surface area contributed by atoms with Crippen molar-refractivity contribution in [3.8, 4) is 11.5 Å². The first-order valence-electron chi connectivity index (χ1n) is 10.8. The first kappa shape index (κ1) is 27.0. The Balaban J connectivity index is 1.72. The number of amides is 4. The maximum Gasteiger partial charge on any atom is 0.416 e. The predicted octanol–water partition coefficient (Wildman–Crippen LogP) is 6.27. The minimum absolute atomic E-state index is 0.102. The average Bonchev–Trinajstić information content (AvgIpc) is 2.86. The van der Waals surface area contributed by atoms with Crippen molar-refractivity contribution in [3.05, 3.63) is 93.0 Å². The number of alkyl halides is 3. The standard InChI is InChI=1S/C26H17Cl2F3N2O5/c1-37-18-8-4-15(22(12-18)38-13-14-2-6-17(27)7-3-14)10-19-23(34)32-25(36)33(24(19)35)21-11-16(26(29,30)31)5-9-20(21)28/h2-12H,13H2,1H3,(H,32,34,36)/b19-10-. The Morgan fingerprint density at radius 2 is 1.68 bits per heavy atom. The van der Waals surface area contributed by atoms with Crippen molar-refractivity contribution in [2.24, 2.45) is 0 Å². The first-order valence-corrected chi connectivity index (χ1v) is 11.6. The van der Waals surface area contributed by atoms with Gasteiger partial charge in [-0.3, -0.25) is 14.9 Å². The maximum atomic E-state index is 13.3. The summed E-state index contributed by atoms with van der Waals surface area (Å²) in [4.78, 5) is 38.8. The molecule has 3 aromatic rings. The number of benzene rings is 3. The fraction of sp³-hybridized carbons (Fsp3) is 0.115. The summed E-state index contributed by atoms with van der Waals surface area (Å²) in [5.41, 5.74) is -1.15. The molecular formula is C26H17Cl2F3N2O5. The van der Waals surface area contributed by atoms with Crippen molar-refractivity contribution in [3.63, 3.8) is 0 Å². The molecule has 0 spiro atoms. The molecule has 1 aliphatic heterocycles. The van der Waals surface area contributed by atoms with Gasteiger partial charge in [0.1, 0.15) is 23.7 Å². The molecule has 1 saturated heterocycles. The summed E-state index contributed by atoms with van der Waals surface area (Å²) < 4.78 is 50.9. The summed E-state index contributed by atoms with van der Waals surface area (Å²) in [6.45, 7) is 0.102. The van der Waals surface area contributed by atoms with E-state index in [1.54, 1.807) is 30.3 Å². The topological polar surface area (TPSA) is 84.9 Å². The third-order valence-corrected chi connectivity index (χ3v) is 6.02. The van der Waals surface area contributed by atoms with Gasteiger partial charge in [0.25, 0.3) is 11.8 Å². The Hall–Kier alpha value is -4.02. The minimum atomic E-state index is -4.76. The zero-order valence-electron chi connectivity index (χ0n) is 19.4. The third-order valence-electron chi connectivity index (χ3n) is 5.44. The number of carbonyl (C=O) groups excluding carboxylic acids is 3. The predicted molar refractivity (Wildman–Crippen MR) is 134 cm³/mol. The molecule has 0 unspecified atom stereocenters. The van der Waals surface area contributed by atoms with Gasteiger partial charge in [-0.15, -0.1) is 0 Å². The van der Waals surface area contributed by atoms with Crippen LogP contribution in [-0.2, 0) is 22.4 Å². The van der Waals surface area contributed by atoms with Crippen molar-refractivity contribution in [2.75, 3.05) is 12.0 Å². The fourth-order valence-electron chi connectivity index (χ4n) is 3.52. The molecule has 196 valence electrons. The van der Waals surface area contributed by atoms with Crippen molar-refractivity contribution < 1.29 is 37.0 Å². The number of ether oxygens (including phenoxy) is 2. The van der Waals surface area contributed by atoms with Crippen LogP contribution in [0.25, 0.3) is 6.08 Å². The van der Waals surface area contributed by atoms with Crippen molar-refractivity contribution in [2.45, 2.75) is 12.8 Å². The highest BCUT2D eigenvalue weighted by Crippen LogP contribution is 2.37. The van der Waals surface area contributed by atoms with E-state index in [1.165, 1.54) is 19.2 Å². The number of anilines is 1. The fourth-order valence-corrected chi connectivity index (χ4v) is 3.85. The van der Waals surface area contributed by atoms with Gasteiger partial charge in [0, 0.05) is 16.7 Å². The van der Waals surface area contributed by atoms with Crippen molar-refractivity contribution in [1.29, 1.82) is 0 Å². The molecule has 0 radical (unpaired) electrons. The van der Waals surface area contributed by atoms with Gasteiger partial charge in [-0.1, -0.05) is 35.3 Å². The largest absolute Gasteiger partial charge is 0.497 e. The molecule has 1 aliphatic rings. The normalized spacial score (nSPS) is 15.1. The number of hydrogen-bond donors (Lipinski definition) is 1. The van der Waals surface area contributed by atoms with E-state index >= 15 is 0 Å². The Labute approximate surface area is 224 Å². The van der Waals surface area contributed by atoms with Gasteiger partial charge in [-0.25, -0.2) is 9.69 Å². The SMILES string of the molecule is COc1ccc(/C=C2/C(=O)NC(=O)N(c3cc(C(F)(F)F)ccc3Cl)C2=O)c(OCc2ccc(Cl)cc2)c1. The molecule has 0 bridgehead atoms. The van der Waals surface area contributed by atoms with E-state index in [2.05, 4.69) is 0 Å². The molecule has 1 heterocycles. The Morgan fingerprint density at radius 1 is 0.974 bits per heavy atom. The van der Waals surface area contributed by atoms with E-state index < -0.39 is 40.8 Å². The number of nitrogens with zero attached hydrogens (tertiary/aromatic N) is 1. The molecule has 1 fully saturated rings. The number of halogens is 5. The second-order valence-electron chi connectivity index (χ2n) is 7.94. The summed E-state index contributed by atoms with van der Waals surface area (Å²) in [6, 6.07) is 12.4. The van der Waals surface area contributed by atoms with E-state index in [0.29, 0.717) is 27.8 Å². The Morgan fingerprint density at radius 3 is 2.34 bits per heavy atom. The molecular weight excluding hydrogens is 548 g/mol. The molecule has 4 rings (SSSR count). The summed E-state index contributed by atoms with van der Waals surface area (Å²) >= 11 is 11.9. The molecule has 7 nitrogen and oxygen atoms in total. The Bertz CT molecular complexity index is 1460. The zero-order valence-corrected chi connectivity index (χ0v) is 20.9. The first-order chi connectivity index (χ1) is 18.0. The van der Waals surface area contributed by atoms with Crippen molar-refractivity contribution >= 4 is 52.8 Å². The van der Waals surface area contributed by atoms with Crippen LogP contribution in [0.5, 0.6) is 11.5 Å². The van der Waals surface area contributed by atoms with Crippen molar-refractivity contribution in [1.82, 2.24) is 5.32 Å². The van der Waals surface area contributed by atoms with Gasteiger partial charge in [-0.2, -0.15) is 13.2 Å². The van der Waals surface area contributed by atoms with Crippen LogP contribution in [0.15, 0.2) is 66.2 Å². The van der Waals surface area contributed by atoms with Gasteiger partial charge in [0.15, 0.2) is 0 Å². The number of methoxy groups -OCH3 is 1. The second-order valence-corrected chi connectivity index (χ2v) is 8.78. The molecule has 38 heavy (non-hydrogen) atoms. The number of urea groups is 1. The van der Waals surface area contributed by atoms with E-state index in [1.807, 2.05) is 5.32 Å². The lowest BCUT2D eigenvalue weighted by Gasteiger charge is -2.27. The minimum Gasteiger partial charge on any atom is -0.497 e. The highest BCUT2D eigenvalue weighted by atomic mass is 35.5. The summed E-state index contributed by atoms with van der Waals surface area (Å²) in [6.07, 6.45) is -3.60. The number of hydrogen-bond acceptors (Lipinski definition) is 5. The maximum absolute atomic E-state index is 13.3. The molecule has 3 aromatic carbocycles. The molecule has 0 atom stereocenters. The van der Waals surface area contributed by atoms with E-state index in [-0.39, 0.29) is 22.9 Å². The van der Waals surface area contributed by atoms with Crippen LogP contribution in [0.2, 0.25) is 10.0 Å². The quantitative estimate of drug-likeness (QED) is 0.282. The van der Waals surface area contributed by atoms with Crippen LogP contribution in [0, 0.1) is 0 Å². The average molecular weight is 565 g/mol. The van der Waals surface area contributed by atoms with Gasteiger partial charge in [-0.05, 0) is 54.1 Å². The zero-order chi connectivity index (χ0) is 27.6. The monoisotopic (exact) mass is 564 g/mol. The van der Waals surface area contributed by atoms with Gasteiger partial charge in [0.2, 0.25) is 0 Å². The van der Waals surface area contributed by atoms with Crippen LogP contribution < -0.4 is 19.7 Å². The van der Waals surface area contributed by atoms with Crippen LogP contribution in [0.4, 0.5) is 23.7 Å². The smallest absolute Gasteiger partial charge is 0.416 e. The molecule has 0 saturated carbocycles. The summed E-state index contributed by atoms with van der Waals surface area (Å²) in [7, 11) is 1.44. The Kier molecular flexibility index (Phi) is 7.66. The second kappa shape index (κ2) is 10.8. The van der Waals surface area contributed by atoms with Gasteiger partial charge >= 0.3 is 12.2 Å². The molecule has 12 heteroatoms. The highest BCUT2D eigenvalue weighted by Gasteiger charge is 2.39. The van der Waals surface area contributed by atoms with Gasteiger partial charge in [0.05, 0.1) is 23.4 Å². The lowest BCUT2D eigenvalue weighted by atomic mass is 10.0. The van der Waals surface area contributed by atoms with Gasteiger partial charge < -0.3 is 9.47 Å². The number of nitrogens with one attached hydrogen (secondary N) is 1. The van der Waals surface area contributed by atoms with E-state index in [9.17, 15) is 27.6 Å². The van der Waals surface area contributed by atoms with Crippen LogP contribution in [0.1, 0.15) is 16.7 Å². The molecule has 0 aromatic heterocycles. The molecule has 4 amide bonds. The summed E-state index contributed by atoms with van der Waals surface area (Å²) in [5, 5.41) is 2.20. The van der Waals surface area contributed by atoms with Crippen LogP contribution in [0.3, 0.4) is 0 Å². The van der Waals surface area contributed by atoms with E-state index in [4.69, 9.17) is 32.7 Å². The number of imide groups is 2. The third kappa shape index (κ3) is 5.76. The molecule has 1 N–H and O–H groups in total.